The molecule has 1 heterocycles. The third-order valence-electron chi connectivity index (χ3n) is 4.38. The Balaban J connectivity index is 1.79. The van der Waals surface area contributed by atoms with Gasteiger partial charge in [0, 0.05) is 31.9 Å². The minimum Gasteiger partial charge on any atom is -0.338 e. The van der Waals surface area contributed by atoms with E-state index in [2.05, 4.69) is 16.6 Å². The molecule has 1 fully saturated rings. The van der Waals surface area contributed by atoms with E-state index in [4.69, 9.17) is 5.73 Å². The maximum atomic E-state index is 6.40. The van der Waals surface area contributed by atoms with Gasteiger partial charge in [0.05, 0.1) is 0 Å². The SMILES string of the molecule is Cn1ccnc1CCC(N)C1CCCCCCC1. The van der Waals surface area contributed by atoms with Crippen molar-refractivity contribution in [3.63, 3.8) is 0 Å². The molecule has 1 aromatic rings. The number of imidazole rings is 1. The molecule has 1 aromatic heterocycles. The number of nitrogens with zero attached hydrogens (tertiary/aromatic N) is 2. The van der Waals surface area contributed by atoms with E-state index in [1.807, 2.05) is 12.4 Å². The fourth-order valence-electron chi connectivity index (χ4n) is 3.08. The van der Waals surface area contributed by atoms with Crippen molar-refractivity contribution in [3.05, 3.63) is 18.2 Å². The highest BCUT2D eigenvalue weighted by Crippen LogP contribution is 2.25. The smallest absolute Gasteiger partial charge is 0.108 e. The van der Waals surface area contributed by atoms with Crippen LogP contribution in [0.2, 0.25) is 0 Å². The highest BCUT2D eigenvalue weighted by atomic mass is 15.0. The van der Waals surface area contributed by atoms with Crippen molar-refractivity contribution >= 4 is 0 Å². The van der Waals surface area contributed by atoms with Gasteiger partial charge in [-0.1, -0.05) is 32.1 Å². The third-order valence-corrected chi connectivity index (χ3v) is 4.38. The predicted molar refractivity (Wildman–Crippen MR) is 75.3 cm³/mol. The average Bonchev–Trinajstić information content (AvgIpc) is 2.71. The van der Waals surface area contributed by atoms with Gasteiger partial charge in [-0.2, -0.15) is 0 Å². The predicted octanol–water partition coefficient (Wildman–Crippen LogP) is 3.04. The Labute approximate surface area is 111 Å². The molecule has 0 radical (unpaired) electrons. The van der Waals surface area contributed by atoms with Gasteiger partial charge in [0.15, 0.2) is 0 Å². The minimum absolute atomic E-state index is 0.361. The van der Waals surface area contributed by atoms with E-state index in [0.29, 0.717) is 6.04 Å². The van der Waals surface area contributed by atoms with Crippen molar-refractivity contribution in [1.29, 1.82) is 0 Å². The van der Waals surface area contributed by atoms with E-state index < -0.39 is 0 Å². The van der Waals surface area contributed by atoms with Crippen LogP contribution < -0.4 is 5.73 Å². The molecule has 3 nitrogen and oxygen atoms in total. The number of nitrogens with two attached hydrogens (primary N) is 1. The second kappa shape index (κ2) is 6.93. The number of hydrogen-bond acceptors (Lipinski definition) is 2. The molecule has 0 amide bonds. The number of hydrogen-bond donors (Lipinski definition) is 1. The van der Waals surface area contributed by atoms with E-state index >= 15 is 0 Å². The Bertz CT molecular complexity index is 337. The highest BCUT2D eigenvalue weighted by Gasteiger charge is 2.19. The fourth-order valence-corrected chi connectivity index (χ4v) is 3.08. The molecule has 0 aliphatic heterocycles. The molecule has 0 spiro atoms. The molecule has 3 heteroatoms. The summed E-state index contributed by atoms with van der Waals surface area (Å²) in [6.07, 6.45) is 15.6. The van der Waals surface area contributed by atoms with Gasteiger partial charge in [0.2, 0.25) is 0 Å². The van der Waals surface area contributed by atoms with Crippen molar-refractivity contribution in [2.24, 2.45) is 18.7 Å². The minimum atomic E-state index is 0.361. The molecular weight excluding hydrogens is 222 g/mol. The molecule has 1 atom stereocenters. The zero-order chi connectivity index (χ0) is 12.8. The molecule has 2 N–H and O–H groups in total. The fraction of sp³-hybridized carbons (Fsp3) is 0.800. The lowest BCUT2D eigenvalue weighted by atomic mass is 9.84. The van der Waals surface area contributed by atoms with Gasteiger partial charge in [-0.25, -0.2) is 4.98 Å². The van der Waals surface area contributed by atoms with Crippen molar-refractivity contribution in [3.8, 4) is 0 Å². The Morgan fingerprint density at radius 3 is 2.56 bits per heavy atom. The molecular formula is C15H27N3. The highest BCUT2D eigenvalue weighted by molar-refractivity contribution is 4.92. The quantitative estimate of drug-likeness (QED) is 0.891. The summed E-state index contributed by atoms with van der Waals surface area (Å²) in [6.45, 7) is 0. The van der Waals surface area contributed by atoms with Gasteiger partial charge in [0.1, 0.15) is 5.82 Å². The summed E-state index contributed by atoms with van der Waals surface area (Å²) in [7, 11) is 2.06. The van der Waals surface area contributed by atoms with Gasteiger partial charge in [-0.3, -0.25) is 0 Å². The Morgan fingerprint density at radius 1 is 1.28 bits per heavy atom. The van der Waals surface area contributed by atoms with E-state index in [1.54, 1.807) is 0 Å². The summed E-state index contributed by atoms with van der Waals surface area (Å²) in [5, 5.41) is 0. The summed E-state index contributed by atoms with van der Waals surface area (Å²) in [5.74, 6) is 1.90. The molecule has 102 valence electrons. The second-order valence-corrected chi connectivity index (χ2v) is 5.76. The van der Waals surface area contributed by atoms with Gasteiger partial charge in [-0.05, 0) is 25.2 Å². The Hall–Kier alpha value is -0.830. The zero-order valence-corrected chi connectivity index (χ0v) is 11.6. The first-order valence-corrected chi connectivity index (χ1v) is 7.49. The van der Waals surface area contributed by atoms with Crippen LogP contribution in [0.1, 0.15) is 57.2 Å². The monoisotopic (exact) mass is 249 g/mol. The van der Waals surface area contributed by atoms with Gasteiger partial charge in [-0.15, -0.1) is 0 Å². The maximum Gasteiger partial charge on any atom is 0.108 e. The summed E-state index contributed by atoms with van der Waals surface area (Å²) in [6, 6.07) is 0.361. The topological polar surface area (TPSA) is 43.8 Å². The van der Waals surface area contributed by atoms with Crippen molar-refractivity contribution in [2.45, 2.75) is 63.8 Å². The van der Waals surface area contributed by atoms with Crippen LogP contribution in [0.4, 0.5) is 0 Å². The molecule has 1 aliphatic rings. The van der Waals surface area contributed by atoms with Crippen LogP contribution in [0.25, 0.3) is 0 Å². The van der Waals surface area contributed by atoms with Crippen molar-refractivity contribution in [2.75, 3.05) is 0 Å². The first kappa shape index (κ1) is 13.6. The van der Waals surface area contributed by atoms with Gasteiger partial charge in [0.25, 0.3) is 0 Å². The first-order chi connectivity index (χ1) is 8.77. The van der Waals surface area contributed by atoms with Crippen molar-refractivity contribution in [1.82, 2.24) is 9.55 Å². The standard InChI is InChI=1S/C15H27N3/c1-18-12-11-17-15(18)10-9-14(16)13-7-5-3-2-4-6-8-13/h11-14H,2-10,16H2,1H3. The summed E-state index contributed by atoms with van der Waals surface area (Å²) in [5.41, 5.74) is 6.40. The van der Waals surface area contributed by atoms with E-state index in [9.17, 15) is 0 Å². The van der Waals surface area contributed by atoms with Gasteiger partial charge >= 0.3 is 0 Å². The molecule has 2 rings (SSSR count). The lowest BCUT2D eigenvalue weighted by Gasteiger charge is -2.25. The Kier molecular flexibility index (Phi) is 5.24. The number of aryl methyl sites for hydroxylation is 2. The molecule has 0 saturated heterocycles. The second-order valence-electron chi connectivity index (χ2n) is 5.76. The zero-order valence-electron chi connectivity index (χ0n) is 11.6. The van der Waals surface area contributed by atoms with Crippen LogP contribution in [0.5, 0.6) is 0 Å². The first-order valence-electron chi connectivity index (χ1n) is 7.49. The summed E-state index contributed by atoms with van der Waals surface area (Å²) < 4.78 is 2.10. The van der Waals surface area contributed by atoms with Crippen molar-refractivity contribution < 1.29 is 0 Å². The van der Waals surface area contributed by atoms with Crippen LogP contribution in [-0.4, -0.2) is 15.6 Å². The molecule has 1 aliphatic carbocycles. The molecule has 18 heavy (non-hydrogen) atoms. The van der Waals surface area contributed by atoms with Crippen LogP contribution in [0, 0.1) is 5.92 Å². The third kappa shape index (κ3) is 3.84. The molecule has 1 saturated carbocycles. The van der Waals surface area contributed by atoms with Crippen LogP contribution in [0.15, 0.2) is 12.4 Å². The molecule has 0 bridgehead atoms. The lowest BCUT2D eigenvalue weighted by molar-refractivity contribution is 0.312. The summed E-state index contributed by atoms with van der Waals surface area (Å²) >= 11 is 0. The number of aromatic nitrogens is 2. The van der Waals surface area contributed by atoms with E-state index in [0.717, 1.165) is 24.6 Å². The van der Waals surface area contributed by atoms with Crippen LogP contribution in [0.3, 0.4) is 0 Å². The largest absolute Gasteiger partial charge is 0.338 e. The van der Waals surface area contributed by atoms with Crippen LogP contribution >= 0.6 is 0 Å². The van der Waals surface area contributed by atoms with E-state index in [1.165, 1.54) is 44.9 Å². The van der Waals surface area contributed by atoms with Gasteiger partial charge < -0.3 is 10.3 Å². The number of rotatable bonds is 4. The molecule has 1 unspecified atom stereocenters. The molecule has 0 aromatic carbocycles. The Morgan fingerprint density at radius 2 is 1.94 bits per heavy atom. The normalized spacial score (nSPS) is 20.3. The van der Waals surface area contributed by atoms with Crippen LogP contribution in [-0.2, 0) is 13.5 Å². The summed E-state index contributed by atoms with van der Waals surface area (Å²) in [4.78, 5) is 4.37. The van der Waals surface area contributed by atoms with E-state index in [-0.39, 0.29) is 0 Å². The lowest BCUT2D eigenvalue weighted by Crippen LogP contribution is -2.31. The average molecular weight is 249 g/mol. The maximum absolute atomic E-state index is 6.40.